The van der Waals surface area contributed by atoms with E-state index >= 15 is 0 Å². The van der Waals surface area contributed by atoms with E-state index in [4.69, 9.17) is 0 Å². The molecule has 0 atom stereocenters. The molecule has 0 radical (unpaired) electrons. The molecule has 0 aliphatic rings. The second-order valence-corrected chi connectivity index (χ2v) is 4.26. The molecular formula is C13H17N3O3. The molecule has 1 heterocycles. The SMILES string of the molecule is CCCCNc1ccc2c(=O)[nH]n(C(=O)OC)c2c1. The van der Waals surface area contributed by atoms with Crippen LogP contribution in [-0.4, -0.2) is 29.5 Å². The van der Waals surface area contributed by atoms with Gasteiger partial charge in [-0.1, -0.05) is 13.3 Å². The van der Waals surface area contributed by atoms with Crippen LogP contribution in [0.5, 0.6) is 0 Å². The number of nitrogens with zero attached hydrogens (tertiary/aromatic N) is 1. The first-order valence-electron chi connectivity index (χ1n) is 6.24. The Bertz CT molecular complexity index is 642. The lowest BCUT2D eigenvalue weighted by atomic mass is 10.2. The number of carbonyl (C=O) groups is 1. The van der Waals surface area contributed by atoms with Gasteiger partial charge in [0.1, 0.15) is 0 Å². The Morgan fingerprint density at radius 2 is 2.26 bits per heavy atom. The number of H-pyrrole nitrogens is 1. The highest BCUT2D eigenvalue weighted by molar-refractivity contribution is 5.89. The minimum atomic E-state index is -0.613. The number of anilines is 1. The Balaban J connectivity index is 2.39. The lowest BCUT2D eigenvalue weighted by molar-refractivity contribution is 0.170. The standard InChI is InChI=1S/C13H17N3O3/c1-3-4-7-14-9-5-6-10-11(8-9)16(13(18)19-2)15-12(10)17/h5-6,8,14H,3-4,7H2,1-2H3,(H,15,17). The summed E-state index contributed by atoms with van der Waals surface area (Å²) in [6.45, 7) is 2.97. The largest absolute Gasteiger partial charge is 0.451 e. The minimum Gasteiger partial charge on any atom is -0.451 e. The number of ether oxygens (including phenoxy) is 1. The Labute approximate surface area is 110 Å². The molecule has 2 rings (SSSR count). The van der Waals surface area contributed by atoms with Crippen LogP contribution in [-0.2, 0) is 4.74 Å². The Hall–Kier alpha value is -2.24. The molecule has 0 saturated carbocycles. The molecule has 19 heavy (non-hydrogen) atoms. The van der Waals surface area contributed by atoms with Gasteiger partial charge in [-0.25, -0.2) is 4.79 Å². The van der Waals surface area contributed by atoms with Crippen molar-refractivity contribution in [2.75, 3.05) is 19.0 Å². The van der Waals surface area contributed by atoms with Crippen molar-refractivity contribution in [2.45, 2.75) is 19.8 Å². The van der Waals surface area contributed by atoms with Gasteiger partial charge in [-0.05, 0) is 24.6 Å². The average molecular weight is 263 g/mol. The van der Waals surface area contributed by atoms with Gasteiger partial charge in [0, 0.05) is 12.2 Å². The summed E-state index contributed by atoms with van der Waals surface area (Å²) < 4.78 is 5.74. The van der Waals surface area contributed by atoms with Gasteiger partial charge in [-0.3, -0.25) is 9.89 Å². The van der Waals surface area contributed by atoms with Crippen LogP contribution in [0.3, 0.4) is 0 Å². The maximum absolute atomic E-state index is 11.7. The predicted molar refractivity (Wildman–Crippen MR) is 73.8 cm³/mol. The van der Waals surface area contributed by atoms with Crippen LogP contribution in [0.25, 0.3) is 10.9 Å². The number of carbonyl (C=O) groups excluding carboxylic acids is 1. The highest BCUT2D eigenvalue weighted by Gasteiger charge is 2.13. The smallest absolute Gasteiger partial charge is 0.433 e. The topological polar surface area (TPSA) is 76.1 Å². The summed E-state index contributed by atoms with van der Waals surface area (Å²) in [5.41, 5.74) is 1.08. The number of methoxy groups -OCH3 is 1. The van der Waals surface area contributed by atoms with Crippen LogP contribution < -0.4 is 10.9 Å². The molecule has 0 saturated heterocycles. The van der Waals surface area contributed by atoms with Gasteiger partial charge in [-0.15, -0.1) is 0 Å². The van der Waals surface area contributed by atoms with Crippen LogP contribution in [0.4, 0.5) is 10.5 Å². The number of aromatic amines is 1. The summed E-state index contributed by atoms with van der Waals surface area (Å²) >= 11 is 0. The summed E-state index contributed by atoms with van der Waals surface area (Å²) in [6.07, 6.45) is 1.55. The van der Waals surface area contributed by atoms with Crippen molar-refractivity contribution in [1.82, 2.24) is 9.78 Å². The monoisotopic (exact) mass is 263 g/mol. The van der Waals surface area contributed by atoms with Gasteiger partial charge in [-0.2, -0.15) is 4.68 Å². The van der Waals surface area contributed by atoms with Gasteiger partial charge in [0.25, 0.3) is 5.56 Å². The van der Waals surface area contributed by atoms with E-state index in [1.54, 1.807) is 12.1 Å². The first kappa shape index (κ1) is 13.2. The third kappa shape index (κ3) is 2.62. The fourth-order valence-corrected chi connectivity index (χ4v) is 1.89. The number of aromatic nitrogens is 2. The molecule has 6 heteroatoms. The predicted octanol–water partition coefficient (Wildman–Crippen LogP) is 2.16. The van der Waals surface area contributed by atoms with E-state index in [-0.39, 0.29) is 5.56 Å². The molecule has 1 aromatic carbocycles. The zero-order chi connectivity index (χ0) is 13.8. The molecule has 0 bridgehead atoms. The van der Waals surface area contributed by atoms with Gasteiger partial charge >= 0.3 is 6.09 Å². The molecule has 0 aliphatic heterocycles. The summed E-state index contributed by atoms with van der Waals surface area (Å²) in [5.74, 6) is 0. The molecule has 2 N–H and O–H groups in total. The normalized spacial score (nSPS) is 10.6. The van der Waals surface area contributed by atoms with Crippen LogP contribution in [0, 0.1) is 0 Å². The maximum atomic E-state index is 11.7. The van der Waals surface area contributed by atoms with Crippen molar-refractivity contribution >= 4 is 22.7 Å². The lowest BCUT2D eigenvalue weighted by Gasteiger charge is -2.06. The molecular weight excluding hydrogens is 246 g/mol. The molecule has 102 valence electrons. The fourth-order valence-electron chi connectivity index (χ4n) is 1.89. The van der Waals surface area contributed by atoms with Crippen molar-refractivity contribution in [1.29, 1.82) is 0 Å². The zero-order valence-electron chi connectivity index (χ0n) is 11.0. The average Bonchev–Trinajstić information content (AvgIpc) is 2.75. The van der Waals surface area contributed by atoms with Gasteiger partial charge in [0.05, 0.1) is 18.0 Å². The third-order valence-corrected chi connectivity index (χ3v) is 2.91. The minimum absolute atomic E-state index is 0.305. The number of hydrogen-bond acceptors (Lipinski definition) is 4. The number of nitrogens with one attached hydrogen (secondary N) is 2. The summed E-state index contributed by atoms with van der Waals surface area (Å²) in [5, 5.41) is 6.17. The first-order chi connectivity index (χ1) is 9.17. The van der Waals surface area contributed by atoms with Gasteiger partial charge < -0.3 is 10.1 Å². The second kappa shape index (κ2) is 5.60. The van der Waals surface area contributed by atoms with E-state index in [2.05, 4.69) is 22.1 Å². The number of unbranched alkanes of at least 4 members (excludes halogenated alkanes) is 1. The van der Waals surface area contributed by atoms with Crippen LogP contribution in [0.15, 0.2) is 23.0 Å². The molecule has 0 unspecified atom stereocenters. The van der Waals surface area contributed by atoms with E-state index in [1.165, 1.54) is 7.11 Å². The number of rotatable bonds is 4. The number of fused-ring (bicyclic) bond motifs is 1. The van der Waals surface area contributed by atoms with Crippen molar-refractivity contribution in [3.8, 4) is 0 Å². The van der Waals surface area contributed by atoms with Gasteiger partial charge in [0.2, 0.25) is 0 Å². The number of hydrogen-bond donors (Lipinski definition) is 2. The number of benzene rings is 1. The second-order valence-electron chi connectivity index (χ2n) is 4.26. The highest BCUT2D eigenvalue weighted by Crippen LogP contribution is 2.16. The van der Waals surface area contributed by atoms with E-state index in [1.807, 2.05) is 6.07 Å². The lowest BCUT2D eigenvalue weighted by Crippen LogP contribution is -2.15. The zero-order valence-corrected chi connectivity index (χ0v) is 11.0. The third-order valence-electron chi connectivity index (χ3n) is 2.91. The first-order valence-corrected chi connectivity index (χ1v) is 6.24. The molecule has 2 aromatic rings. The van der Waals surface area contributed by atoms with Crippen molar-refractivity contribution < 1.29 is 9.53 Å². The summed E-state index contributed by atoms with van der Waals surface area (Å²) in [4.78, 5) is 23.2. The summed E-state index contributed by atoms with van der Waals surface area (Å²) in [7, 11) is 1.27. The molecule has 1 aromatic heterocycles. The molecule has 0 aliphatic carbocycles. The van der Waals surface area contributed by atoms with Crippen LogP contribution in [0.2, 0.25) is 0 Å². The van der Waals surface area contributed by atoms with Crippen LogP contribution in [0.1, 0.15) is 19.8 Å². The molecule has 6 nitrogen and oxygen atoms in total. The Morgan fingerprint density at radius 3 is 2.95 bits per heavy atom. The van der Waals surface area contributed by atoms with Crippen LogP contribution >= 0.6 is 0 Å². The van der Waals surface area contributed by atoms with Crippen molar-refractivity contribution in [3.63, 3.8) is 0 Å². The molecule has 0 fully saturated rings. The van der Waals surface area contributed by atoms with E-state index in [0.717, 1.165) is 29.8 Å². The van der Waals surface area contributed by atoms with E-state index < -0.39 is 6.09 Å². The van der Waals surface area contributed by atoms with Crippen molar-refractivity contribution in [3.05, 3.63) is 28.6 Å². The molecule has 0 amide bonds. The molecule has 0 spiro atoms. The van der Waals surface area contributed by atoms with Gasteiger partial charge in [0.15, 0.2) is 0 Å². The van der Waals surface area contributed by atoms with Crippen molar-refractivity contribution in [2.24, 2.45) is 0 Å². The Kier molecular flexibility index (Phi) is 3.89. The van der Waals surface area contributed by atoms with E-state index in [0.29, 0.717) is 10.9 Å². The quantitative estimate of drug-likeness (QED) is 0.829. The highest BCUT2D eigenvalue weighted by atomic mass is 16.5. The van der Waals surface area contributed by atoms with E-state index in [9.17, 15) is 9.59 Å². The maximum Gasteiger partial charge on any atom is 0.433 e. The fraction of sp³-hybridized carbons (Fsp3) is 0.385. The summed E-state index contributed by atoms with van der Waals surface area (Å²) in [6, 6.07) is 5.29. The Morgan fingerprint density at radius 1 is 1.47 bits per heavy atom.